The van der Waals surface area contributed by atoms with Crippen molar-refractivity contribution in [3.8, 4) is 0 Å². The highest BCUT2D eigenvalue weighted by Crippen LogP contribution is 2.43. The number of carbonyl (C=O) groups excluding carboxylic acids is 2. The smallest absolute Gasteiger partial charge is 0.296 e. The molecule has 0 radical (unpaired) electrons. The second-order valence-corrected chi connectivity index (χ2v) is 11.3. The van der Waals surface area contributed by atoms with Gasteiger partial charge >= 0.3 is 0 Å². The molecule has 0 aliphatic carbocycles. The fraction of sp³-hybridized carbons (Fsp3) is 0.0714. The molecule has 1 unspecified atom stereocenters. The van der Waals surface area contributed by atoms with Crippen molar-refractivity contribution in [2.24, 2.45) is 0 Å². The van der Waals surface area contributed by atoms with E-state index in [-0.39, 0.29) is 10.7 Å². The van der Waals surface area contributed by atoms with Gasteiger partial charge in [-0.15, -0.1) is 10.2 Å². The number of hydrogen-bond acceptors (Lipinski definition) is 7. The monoisotopic (exact) mass is 579 g/mol. The lowest BCUT2D eigenvalue weighted by atomic mass is 9.96. The maximum atomic E-state index is 13.3. The van der Waals surface area contributed by atoms with Gasteiger partial charge in [-0.1, -0.05) is 119 Å². The predicted molar refractivity (Wildman–Crippen MR) is 153 cm³/mol. The molecule has 6 nitrogen and oxygen atoms in total. The van der Waals surface area contributed by atoms with Crippen molar-refractivity contribution >= 4 is 69.2 Å². The van der Waals surface area contributed by atoms with Crippen molar-refractivity contribution in [1.29, 1.82) is 0 Å². The quantitative estimate of drug-likeness (QED) is 0.134. The van der Waals surface area contributed by atoms with Crippen LogP contribution in [0.5, 0.6) is 0 Å². The molecule has 1 aliphatic heterocycles. The van der Waals surface area contributed by atoms with Crippen LogP contribution in [0.1, 0.15) is 22.7 Å². The lowest BCUT2D eigenvalue weighted by molar-refractivity contribution is -0.117. The first-order valence-corrected chi connectivity index (χ1v) is 14.0. The standard InChI is InChI=1S/C28H19Cl2N3O3S2/c29-20-13-12-19(21(30)15-20)16-37-28-32-31-27(38-28)33-24(18-9-5-2-6-10-18)23(25(35)26(33)36)22(34)14-11-17-7-3-1-4-8-17/h1-15,24,35H,16H2. The molecule has 1 atom stereocenters. The number of ketones is 1. The van der Waals surface area contributed by atoms with Gasteiger partial charge in [0.05, 0.1) is 11.6 Å². The Morgan fingerprint density at radius 3 is 2.45 bits per heavy atom. The van der Waals surface area contributed by atoms with E-state index >= 15 is 0 Å². The Morgan fingerprint density at radius 1 is 1.03 bits per heavy atom. The van der Waals surface area contributed by atoms with E-state index in [1.807, 2.05) is 54.6 Å². The lowest BCUT2D eigenvalue weighted by Crippen LogP contribution is -2.30. The van der Waals surface area contributed by atoms with Gasteiger partial charge in [0.25, 0.3) is 5.91 Å². The molecule has 0 saturated carbocycles. The molecule has 0 saturated heterocycles. The van der Waals surface area contributed by atoms with Crippen molar-refractivity contribution < 1.29 is 14.7 Å². The summed E-state index contributed by atoms with van der Waals surface area (Å²) >= 11 is 14.9. The van der Waals surface area contributed by atoms with Crippen LogP contribution in [0.2, 0.25) is 10.0 Å². The minimum absolute atomic E-state index is 0.00858. The van der Waals surface area contributed by atoms with Crippen LogP contribution in [0.4, 0.5) is 5.13 Å². The van der Waals surface area contributed by atoms with Crippen molar-refractivity contribution in [2.45, 2.75) is 16.1 Å². The third-order valence-corrected chi connectivity index (χ3v) is 8.48. The van der Waals surface area contributed by atoms with E-state index in [1.165, 1.54) is 34.1 Å². The van der Waals surface area contributed by atoms with E-state index < -0.39 is 23.5 Å². The zero-order valence-electron chi connectivity index (χ0n) is 19.6. The summed E-state index contributed by atoms with van der Waals surface area (Å²) in [4.78, 5) is 27.9. The number of thioether (sulfide) groups is 1. The first-order chi connectivity index (χ1) is 18.4. The molecule has 10 heteroatoms. The van der Waals surface area contributed by atoms with Crippen LogP contribution in [-0.2, 0) is 15.3 Å². The molecule has 0 fully saturated rings. The van der Waals surface area contributed by atoms with Gasteiger partial charge in [-0.3, -0.25) is 14.5 Å². The molecule has 190 valence electrons. The normalized spacial score (nSPS) is 15.6. The van der Waals surface area contributed by atoms with Crippen LogP contribution < -0.4 is 4.90 Å². The third kappa shape index (κ3) is 5.54. The van der Waals surface area contributed by atoms with E-state index in [1.54, 1.807) is 30.3 Å². The zero-order chi connectivity index (χ0) is 26.6. The highest BCUT2D eigenvalue weighted by Gasteiger charge is 2.45. The van der Waals surface area contributed by atoms with Crippen LogP contribution in [0.25, 0.3) is 6.08 Å². The molecule has 1 aliphatic rings. The van der Waals surface area contributed by atoms with Crippen LogP contribution in [0, 0.1) is 0 Å². The average Bonchev–Trinajstić information content (AvgIpc) is 3.50. The number of amides is 1. The summed E-state index contributed by atoms with van der Waals surface area (Å²) in [7, 11) is 0. The van der Waals surface area contributed by atoms with Gasteiger partial charge < -0.3 is 5.11 Å². The Bertz CT molecular complexity index is 1560. The average molecular weight is 581 g/mol. The van der Waals surface area contributed by atoms with Crippen LogP contribution in [-0.4, -0.2) is 27.0 Å². The maximum absolute atomic E-state index is 13.3. The van der Waals surface area contributed by atoms with E-state index in [4.69, 9.17) is 23.2 Å². The molecule has 5 rings (SSSR count). The largest absolute Gasteiger partial charge is 0.503 e. The SMILES string of the molecule is O=C(C=Cc1ccccc1)C1=C(O)C(=O)N(c2nnc(SCc3ccc(Cl)cc3Cl)s2)C1c1ccccc1. The van der Waals surface area contributed by atoms with Crippen LogP contribution >= 0.6 is 46.3 Å². The number of anilines is 1. The zero-order valence-corrected chi connectivity index (χ0v) is 22.8. The molecule has 0 spiro atoms. The van der Waals surface area contributed by atoms with E-state index in [2.05, 4.69) is 10.2 Å². The number of allylic oxidation sites excluding steroid dienone is 1. The Hall–Kier alpha value is -3.43. The molecule has 38 heavy (non-hydrogen) atoms. The van der Waals surface area contributed by atoms with Crippen molar-refractivity contribution in [3.63, 3.8) is 0 Å². The molecule has 4 aromatic rings. The van der Waals surface area contributed by atoms with Gasteiger partial charge in [0.15, 0.2) is 15.9 Å². The summed E-state index contributed by atoms with van der Waals surface area (Å²) in [5.74, 6) is -1.24. The second kappa shape index (κ2) is 11.5. The first kappa shape index (κ1) is 26.2. The van der Waals surface area contributed by atoms with E-state index in [0.29, 0.717) is 25.7 Å². The number of aromatic nitrogens is 2. The van der Waals surface area contributed by atoms with Crippen LogP contribution in [0.15, 0.2) is 101 Å². The number of hydrogen-bond donors (Lipinski definition) is 1. The van der Waals surface area contributed by atoms with Gasteiger partial charge in [0, 0.05) is 15.8 Å². The highest BCUT2D eigenvalue weighted by atomic mass is 35.5. The number of aliphatic hydroxyl groups excluding tert-OH is 1. The number of nitrogens with zero attached hydrogens (tertiary/aromatic N) is 3. The fourth-order valence-electron chi connectivity index (χ4n) is 3.97. The summed E-state index contributed by atoms with van der Waals surface area (Å²) < 4.78 is 0.605. The van der Waals surface area contributed by atoms with Gasteiger partial charge in [0.2, 0.25) is 5.13 Å². The number of halogens is 2. The summed E-state index contributed by atoms with van der Waals surface area (Å²) in [5, 5.41) is 20.7. The fourth-order valence-corrected chi connectivity index (χ4v) is 6.39. The molecule has 1 amide bonds. The third-order valence-electron chi connectivity index (χ3n) is 5.78. The predicted octanol–water partition coefficient (Wildman–Crippen LogP) is 7.32. The number of carbonyl (C=O) groups is 2. The van der Waals surface area contributed by atoms with E-state index in [9.17, 15) is 14.7 Å². The van der Waals surface area contributed by atoms with Crippen molar-refractivity contribution in [2.75, 3.05) is 4.90 Å². The Morgan fingerprint density at radius 2 is 1.74 bits per heavy atom. The minimum atomic E-state index is -0.854. The summed E-state index contributed by atoms with van der Waals surface area (Å²) in [6.45, 7) is 0. The van der Waals surface area contributed by atoms with Crippen molar-refractivity contribution in [1.82, 2.24) is 10.2 Å². The topological polar surface area (TPSA) is 83.4 Å². The summed E-state index contributed by atoms with van der Waals surface area (Å²) in [5.41, 5.74) is 2.36. The molecule has 1 aromatic heterocycles. The number of rotatable bonds is 8. The maximum Gasteiger partial charge on any atom is 0.296 e. The van der Waals surface area contributed by atoms with Crippen molar-refractivity contribution in [3.05, 3.63) is 123 Å². The lowest BCUT2D eigenvalue weighted by Gasteiger charge is -2.23. The second-order valence-electron chi connectivity index (χ2n) is 8.23. The van der Waals surface area contributed by atoms with Gasteiger partial charge in [0.1, 0.15) is 0 Å². The van der Waals surface area contributed by atoms with Gasteiger partial charge in [-0.05, 0) is 34.9 Å². The summed E-state index contributed by atoms with van der Waals surface area (Å²) in [6, 6.07) is 22.8. The van der Waals surface area contributed by atoms with Gasteiger partial charge in [-0.2, -0.15) is 0 Å². The highest BCUT2D eigenvalue weighted by molar-refractivity contribution is 8.00. The molecule has 0 bridgehead atoms. The minimum Gasteiger partial charge on any atom is -0.503 e. The summed E-state index contributed by atoms with van der Waals surface area (Å²) in [6.07, 6.45) is 3.02. The molecular weight excluding hydrogens is 561 g/mol. The first-order valence-electron chi connectivity index (χ1n) is 11.4. The van der Waals surface area contributed by atoms with E-state index in [0.717, 1.165) is 11.1 Å². The number of benzene rings is 3. The number of aliphatic hydroxyl groups is 1. The Labute approximate surface area is 237 Å². The molecular formula is C28H19Cl2N3O3S2. The van der Waals surface area contributed by atoms with Gasteiger partial charge in [-0.25, -0.2) is 0 Å². The van der Waals surface area contributed by atoms with Crippen LogP contribution in [0.3, 0.4) is 0 Å². The Balaban J connectivity index is 1.43. The molecule has 3 aromatic carbocycles. The molecule has 2 heterocycles. The molecule has 1 N–H and O–H groups in total. The Kier molecular flexibility index (Phi) is 7.95.